The van der Waals surface area contributed by atoms with Crippen molar-refractivity contribution < 1.29 is 18.3 Å². The molecule has 6 heteroatoms. The third-order valence-corrected chi connectivity index (χ3v) is 4.77. The van der Waals surface area contributed by atoms with Gasteiger partial charge in [0.25, 0.3) is 0 Å². The molecule has 2 N–H and O–H groups in total. The van der Waals surface area contributed by atoms with E-state index in [0.29, 0.717) is 18.8 Å². The van der Waals surface area contributed by atoms with Gasteiger partial charge in [0.2, 0.25) is 10.0 Å². The van der Waals surface area contributed by atoms with Gasteiger partial charge in [-0.05, 0) is 43.0 Å². The van der Waals surface area contributed by atoms with Gasteiger partial charge in [0.15, 0.2) is 0 Å². The maximum atomic E-state index is 12.3. The summed E-state index contributed by atoms with van der Waals surface area (Å²) in [5, 5.41) is 9.15. The zero-order chi connectivity index (χ0) is 16.0. The van der Waals surface area contributed by atoms with Crippen molar-refractivity contribution in [3.8, 4) is 5.75 Å². The number of nitrogens with one attached hydrogen (secondary N) is 1. The van der Waals surface area contributed by atoms with Gasteiger partial charge in [0, 0.05) is 6.04 Å². The lowest BCUT2D eigenvalue weighted by Gasteiger charge is -2.17. The van der Waals surface area contributed by atoms with Crippen molar-refractivity contribution in [1.82, 2.24) is 4.72 Å². The first-order chi connectivity index (χ1) is 9.85. The van der Waals surface area contributed by atoms with Crippen LogP contribution in [-0.2, 0) is 10.0 Å². The zero-order valence-electron chi connectivity index (χ0n) is 13.1. The highest BCUT2D eigenvalue weighted by atomic mass is 32.2. The summed E-state index contributed by atoms with van der Waals surface area (Å²) in [6, 6.07) is 4.39. The van der Waals surface area contributed by atoms with Crippen LogP contribution in [0.15, 0.2) is 23.1 Å². The molecule has 5 nitrogen and oxygen atoms in total. The highest BCUT2D eigenvalue weighted by Crippen LogP contribution is 2.29. The van der Waals surface area contributed by atoms with Crippen LogP contribution in [-0.4, -0.2) is 32.8 Å². The Labute approximate surface area is 127 Å². The summed E-state index contributed by atoms with van der Waals surface area (Å²) in [7, 11) is -3.64. The second-order valence-corrected chi connectivity index (χ2v) is 6.91. The fourth-order valence-electron chi connectivity index (χ4n) is 1.97. The molecule has 0 bridgehead atoms. The Morgan fingerprint density at radius 1 is 1.29 bits per heavy atom. The number of aliphatic hydroxyl groups excluding tert-OH is 1. The summed E-state index contributed by atoms with van der Waals surface area (Å²) in [4.78, 5) is 0.196. The van der Waals surface area contributed by atoms with E-state index in [2.05, 4.69) is 4.72 Å². The maximum Gasteiger partial charge on any atom is 0.240 e. The van der Waals surface area contributed by atoms with Crippen LogP contribution in [0.1, 0.15) is 45.6 Å². The van der Waals surface area contributed by atoms with Gasteiger partial charge in [0.1, 0.15) is 5.75 Å². The number of rotatable bonds is 8. The molecule has 1 aromatic rings. The Hall–Kier alpha value is -1.11. The lowest BCUT2D eigenvalue weighted by atomic mass is 10.0. The predicted molar refractivity (Wildman–Crippen MR) is 83.2 cm³/mol. The topological polar surface area (TPSA) is 75.6 Å². The Kier molecular flexibility index (Phi) is 6.64. The summed E-state index contributed by atoms with van der Waals surface area (Å²) >= 11 is 0. The molecule has 1 rings (SSSR count). The van der Waals surface area contributed by atoms with E-state index in [-0.39, 0.29) is 17.4 Å². The highest BCUT2D eigenvalue weighted by Gasteiger charge is 2.20. The molecule has 0 fully saturated rings. The number of ether oxygens (including phenoxy) is 1. The zero-order valence-corrected chi connectivity index (χ0v) is 13.9. The van der Waals surface area contributed by atoms with Gasteiger partial charge in [-0.25, -0.2) is 13.1 Å². The van der Waals surface area contributed by atoms with Crippen LogP contribution in [0.4, 0.5) is 0 Å². The first-order valence-electron chi connectivity index (χ1n) is 7.25. The minimum Gasteiger partial charge on any atom is -0.494 e. The molecule has 0 radical (unpaired) electrons. The lowest BCUT2D eigenvalue weighted by Crippen LogP contribution is -2.36. The van der Waals surface area contributed by atoms with Crippen molar-refractivity contribution in [2.75, 3.05) is 13.2 Å². The molecule has 0 unspecified atom stereocenters. The van der Waals surface area contributed by atoms with E-state index in [9.17, 15) is 8.42 Å². The summed E-state index contributed by atoms with van der Waals surface area (Å²) in [6.07, 6.45) is 0.532. The summed E-state index contributed by atoms with van der Waals surface area (Å²) in [5.41, 5.74) is 0.858. The Morgan fingerprint density at radius 2 is 1.95 bits per heavy atom. The van der Waals surface area contributed by atoms with E-state index in [0.717, 1.165) is 5.56 Å². The molecular weight excluding hydrogens is 290 g/mol. The quantitative estimate of drug-likeness (QED) is 0.771. The van der Waals surface area contributed by atoms with Crippen LogP contribution in [0, 0.1) is 0 Å². The minimum absolute atomic E-state index is 0.154. The van der Waals surface area contributed by atoms with Gasteiger partial charge in [0.05, 0.1) is 18.1 Å². The van der Waals surface area contributed by atoms with Crippen LogP contribution in [0.25, 0.3) is 0 Å². The van der Waals surface area contributed by atoms with Crippen molar-refractivity contribution in [2.45, 2.75) is 51.0 Å². The van der Waals surface area contributed by atoms with Crippen LogP contribution < -0.4 is 9.46 Å². The second-order valence-electron chi connectivity index (χ2n) is 5.20. The molecular formula is C15H25NO4S. The van der Waals surface area contributed by atoms with Gasteiger partial charge in [-0.15, -0.1) is 0 Å². The molecule has 0 heterocycles. The second kappa shape index (κ2) is 7.77. The van der Waals surface area contributed by atoms with Crippen molar-refractivity contribution in [2.24, 2.45) is 0 Å². The highest BCUT2D eigenvalue weighted by molar-refractivity contribution is 7.89. The Balaban J connectivity index is 3.16. The first kappa shape index (κ1) is 17.9. The average Bonchev–Trinajstić information content (AvgIpc) is 2.45. The smallest absolute Gasteiger partial charge is 0.240 e. The van der Waals surface area contributed by atoms with Gasteiger partial charge < -0.3 is 9.84 Å². The minimum atomic E-state index is -3.64. The number of sulfonamides is 1. The molecule has 0 aromatic heterocycles. The third-order valence-electron chi connectivity index (χ3n) is 3.25. The molecule has 0 amide bonds. The van der Waals surface area contributed by atoms with E-state index >= 15 is 0 Å². The van der Waals surface area contributed by atoms with Gasteiger partial charge in [-0.2, -0.15) is 0 Å². The van der Waals surface area contributed by atoms with E-state index in [1.54, 1.807) is 12.1 Å². The molecule has 0 saturated heterocycles. The lowest BCUT2D eigenvalue weighted by molar-refractivity contribution is 0.254. The molecule has 120 valence electrons. The molecule has 0 aliphatic carbocycles. The van der Waals surface area contributed by atoms with E-state index < -0.39 is 16.1 Å². The van der Waals surface area contributed by atoms with E-state index in [1.807, 2.05) is 27.7 Å². The van der Waals surface area contributed by atoms with Gasteiger partial charge in [-0.1, -0.05) is 20.8 Å². The summed E-state index contributed by atoms with van der Waals surface area (Å²) < 4.78 is 32.7. The molecule has 0 saturated carbocycles. The molecule has 1 aromatic carbocycles. The van der Waals surface area contributed by atoms with Crippen LogP contribution in [0.2, 0.25) is 0 Å². The summed E-state index contributed by atoms with van der Waals surface area (Å²) in [6.45, 7) is 8.01. The number of hydrogen-bond donors (Lipinski definition) is 2. The Morgan fingerprint density at radius 3 is 2.43 bits per heavy atom. The maximum absolute atomic E-state index is 12.3. The number of hydrogen-bond acceptors (Lipinski definition) is 4. The number of aliphatic hydroxyl groups is 1. The van der Waals surface area contributed by atoms with Crippen molar-refractivity contribution >= 4 is 10.0 Å². The monoisotopic (exact) mass is 315 g/mol. The molecule has 0 aliphatic heterocycles. The van der Waals surface area contributed by atoms with E-state index in [4.69, 9.17) is 9.84 Å². The molecule has 0 spiro atoms. The van der Waals surface area contributed by atoms with Crippen LogP contribution in [0.5, 0.6) is 5.75 Å². The van der Waals surface area contributed by atoms with Crippen molar-refractivity contribution in [3.63, 3.8) is 0 Å². The largest absolute Gasteiger partial charge is 0.494 e. The SMILES string of the molecule is CCOc1ccc(S(=O)(=O)N[C@H](CC)CO)cc1C(C)C. The van der Waals surface area contributed by atoms with Crippen LogP contribution in [0.3, 0.4) is 0 Å². The van der Waals surface area contributed by atoms with Crippen molar-refractivity contribution in [3.05, 3.63) is 23.8 Å². The predicted octanol–water partition coefficient (Wildman–Crippen LogP) is 2.26. The number of benzene rings is 1. The first-order valence-corrected chi connectivity index (χ1v) is 8.73. The molecule has 1 atom stereocenters. The fourth-order valence-corrected chi connectivity index (χ4v) is 3.31. The van der Waals surface area contributed by atoms with Crippen molar-refractivity contribution in [1.29, 1.82) is 0 Å². The van der Waals surface area contributed by atoms with Crippen LogP contribution >= 0.6 is 0 Å². The fraction of sp³-hybridized carbons (Fsp3) is 0.600. The Bertz CT molecular complexity index is 551. The van der Waals surface area contributed by atoms with E-state index in [1.165, 1.54) is 6.07 Å². The standard InChI is InChI=1S/C15H25NO4S/c1-5-12(10-17)16-21(18,19)13-7-8-15(20-6-2)14(9-13)11(3)4/h7-9,11-12,16-17H,5-6,10H2,1-4H3/t12-/m1/s1. The van der Waals surface area contributed by atoms with Gasteiger partial charge in [-0.3, -0.25) is 0 Å². The summed E-state index contributed by atoms with van der Waals surface area (Å²) in [5.74, 6) is 0.863. The molecule has 21 heavy (non-hydrogen) atoms. The molecule has 0 aliphatic rings. The average molecular weight is 315 g/mol. The third kappa shape index (κ3) is 4.69. The van der Waals surface area contributed by atoms with Gasteiger partial charge >= 0.3 is 0 Å². The normalized spacial score (nSPS) is 13.4.